The molecule has 3 aromatic heterocycles. The Labute approximate surface area is 172 Å². The third-order valence-corrected chi connectivity index (χ3v) is 5.91. The minimum absolute atomic E-state index is 0.113. The van der Waals surface area contributed by atoms with Crippen LogP contribution < -0.4 is 10.5 Å². The number of aromatic nitrogens is 4. The van der Waals surface area contributed by atoms with Crippen molar-refractivity contribution in [3.05, 3.63) is 74.4 Å². The highest BCUT2D eigenvalue weighted by atomic mass is 35.5. The van der Waals surface area contributed by atoms with Crippen LogP contribution in [0.2, 0.25) is 5.02 Å². The minimum Gasteiger partial charge on any atom is -0.358 e. The van der Waals surface area contributed by atoms with Gasteiger partial charge >= 0.3 is 0 Å². The summed E-state index contributed by atoms with van der Waals surface area (Å²) in [5.74, 6) is 1.45. The molecular formula is C22H20ClN5O. The standard InChI is InChI=1S/C22H20ClN5O/c1-12-13(2)25-21(27-22(12)29)14-3-6-20(24-10-14)28-8-7-19-17(11-28)16-9-15(23)4-5-18(16)26-19/h3-6,9-10,26H,7-8,11H2,1-2H3,(H,25,27,29). The lowest BCUT2D eigenvalue weighted by molar-refractivity contribution is 0.716. The first-order chi connectivity index (χ1) is 14.0. The van der Waals surface area contributed by atoms with Crippen LogP contribution in [0, 0.1) is 13.8 Å². The molecule has 0 radical (unpaired) electrons. The van der Waals surface area contributed by atoms with Gasteiger partial charge in [0.1, 0.15) is 11.6 Å². The molecule has 0 bridgehead atoms. The summed E-state index contributed by atoms with van der Waals surface area (Å²) < 4.78 is 0. The van der Waals surface area contributed by atoms with Gasteiger partial charge in [0.05, 0.1) is 0 Å². The van der Waals surface area contributed by atoms with Crippen LogP contribution in [0.15, 0.2) is 41.3 Å². The molecule has 2 N–H and O–H groups in total. The maximum Gasteiger partial charge on any atom is 0.254 e. The second kappa shape index (κ2) is 6.74. The van der Waals surface area contributed by atoms with Gasteiger partial charge in [-0.15, -0.1) is 0 Å². The molecule has 0 saturated heterocycles. The zero-order valence-electron chi connectivity index (χ0n) is 16.2. The molecule has 5 rings (SSSR count). The molecule has 1 aliphatic rings. The molecule has 0 atom stereocenters. The van der Waals surface area contributed by atoms with Gasteiger partial charge in [0.25, 0.3) is 5.56 Å². The number of hydrogen-bond acceptors (Lipinski definition) is 4. The Kier molecular flexibility index (Phi) is 4.17. The van der Waals surface area contributed by atoms with Crippen LogP contribution in [0.1, 0.15) is 22.5 Å². The number of H-pyrrole nitrogens is 2. The number of benzene rings is 1. The van der Waals surface area contributed by atoms with E-state index < -0.39 is 0 Å². The van der Waals surface area contributed by atoms with Gasteiger partial charge < -0.3 is 14.9 Å². The largest absolute Gasteiger partial charge is 0.358 e. The fraction of sp³-hybridized carbons (Fsp3) is 0.227. The van der Waals surface area contributed by atoms with Gasteiger partial charge in [-0.3, -0.25) is 4.79 Å². The summed E-state index contributed by atoms with van der Waals surface area (Å²) in [5.41, 5.74) is 5.72. The first-order valence-electron chi connectivity index (χ1n) is 9.57. The fourth-order valence-electron chi connectivity index (χ4n) is 3.88. The molecule has 0 unspecified atom stereocenters. The number of hydrogen-bond donors (Lipinski definition) is 2. The quantitative estimate of drug-likeness (QED) is 0.525. The summed E-state index contributed by atoms with van der Waals surface area (Å²) >= 11 is 6.21. The van der Waals surface area contributed by atoms with E-state index in [0.29, 0.717) is 11.4 Å². The summed E-state index contributed by atoms with van der Waals surface area (Å²) in [6.45, 7) is 5.28. The molecule has 0 saturated carbocycles. The smallest absolute Gasteiger partial charge is 0.254 e. The van der Waals surface area contributed by atoms with Crippen molar-refractivity contribution in [2.75, 3.05) is 11.4 Å². The number of nitrogens with one attached hydrogen (secondary N) is 2. The highest BCUT2D eigenvalue weighted by molar-refractivity contribution is 6.31. The predicted molar refractivity (Wildman–Crippen MR) is 116 cm³/mol. The van der Waals surface area contributed by atoms with Crippen molar-refractivity contribution in [1.29, 1.82) is 0 Å². The normalized spacial score (nSPS) is 13.7. The van der Waals surface area contributed by atoms with Crippen LogP contribution in [-0.4, -0.2) is 26.5 Å². The molecule has 29 heavy (non-hydrogen) atoms. The average molecular weight is 406 g/mol. The van der Waals surface area contributed by atoms with Crippen LogP contribution in [0.5, 0.6) is 0 Å². The first-order valence-corrected chi connectivity index (χ1v) is 9.95. The van der Waals surface area contributed by atoms with Gasteiger partial charge in [0.2, 0.25) is 0 Å². The molecular weight excluding hydrogens is 386 g/mol. The molecule has 1 aromatic carbocycles. The van der Waals surface area contributed by atoms with E-state index in [-0.39, 0.29) is 5.56 Å². The van der Waals surface area contributed by atoms with E-state index in [1.807, 2.05) is 37.3 Å². The van der Waals surface area contributed by atoms with E-state index >= 15 is 0 Å². The second-order valence-corrected chi connectivity index (χ2v) is 7.91. The number of anilines is 1. The molecule has 146 valence electrons. The lowest BCUT2D eigenvalue weighted by Gasteiger charge is -2.28. The van der Waals surface area contributed by atoms with Gasteiger partial charge in [-0.2, -0.15) is 0 Å². The lowest BCUT2D eigenvalue weighted by atomic mass is 10.0. The van der Waals surface area contributed by atoms with Gasteiger partial charge in [-0.05, 0) is 44.2 Å². The topological polar surface area (TPSA) is 77.7 Å². The Morgan fingerprint density at radius 1 is 1.14 bits per heavy atom. The Bertz CT molecular complexity index is 1290. The number of aromatic amines is 2. The number of fused-ring (bicyclic) bond motifs is 3. The van der Waals surface area contributed by atoms with Crippen LogP contribution in [0.3, 0.4) is 0 Å². The summed E-state index contributed by atoms with van der Waals surface area (Å²) in [7, 11) is 0. The van der Waals surface area contributed by atoms with Crippen LogP contribution in [0.4, 0.5) is 5.82 Å². The molecule has 0 spiro atoms. The summed E-state index contributed by atoms with van der Waals surface area (Å²) in [5, 5.41) is 1.92. The van der Waals surface area contributed by atoms with E-state index in [0.717, 1.165) is 47.1 Å². The Morgan fingerprint density at radius 3 is 2.76 bits per heavy atom. The molecule has 7 heteroatoms. The van der Waals surface area contributed by atoms with Crippen molar-refractivity contribution in [2.24, 2.45) is 0 Å². The van der Waals surface area contributed by atoms with Crippen molar-refractivity contribution in [2.45, 2.75) is 26.8 Å². The number of nitrogens with zero attached hydrogens (tertiary/aromatic N) is 3. The highest BCUT2D eigenvalue weighted by Crippen LogP contribution is 2.31. The SMILES string of the molecule is Cc1nc(-c2ccc(N3CCc4[nH]c5ccc(Cl)cc5c4C3)nc2)[nH]c(=O)c1C. The Hall–Kier alpha value is -3.12. The number of halogens is 1. The Morgan fingerprint density at radius 2 is 2.00 bits per heavy atom. The molecule has 4 aromatic rings. The summed E-state index contributed by atoms with van der Waals surface area (Å²) in [4.78, 5) is 29.8. The third-order valence-electron chi connectivity index (χ3n) is 5.68. The predicted octanol–water partition coefficient (Wildman–Crippen LogP) is 4.15. The second-order valence-electron chi connectivity index (χ2n) is 7.47. The van der Waals surface area contributed by atoms with E-state index in [1.54, 1.807) is 13.1 Å². The van der Waals surface area contributed by atoms with Crippen molar-refractivity contribution >= 4 is 28.3 Å². The average Bonchev–Trinajstić information content (AvgIpc) is 3.09. The zero-order chi connectivity index (χ0) is 20.1. The first kappa shape index (κ1) is 17.9. The maximum atomic E-state index is 12.0. The third kappa shape index (κ3) is 3.09. The zero-order valence-corrected chi connectivity index (χ0v) is 17.0. The lowest BCUT2D eigenvalue weighted by Crippen LogP contribution is -2.30. The number of rotatable bonds is 2. The van der Waals surface area contributed by atoms with Gasteiger partial charge in [-0.1, -0.05) is 11.6 Å². The monoisotopic (exact) mass is 405 g/mol. The molecule has 1 aliphatic heterocycles. The number of pyridine rings is 1. The van der Waals surface area contributed by atoms with Gasteiger partial charge in [0, 0.05) is 69.7 Å². The van der Waals surface area contributed by atoms with Gasteiger partial charge in [-0.25, -0.2) is 9.97 Å². The fourth-order valence-corrected chi connectivity index (χ4v) is 4.05. The van der Waals surface area contributed by atoms with Crippen LogP contribution in [0.25, 0.3) is 22.3 Å². The molecule has 6 nitrogen and oxygen atoms in total. The summed E-state index contributed by atoms with van der Waals surface area (Å²) in [6, 6.07) is 9.90. The minimum atomic E-state index is -0.113. The van der Waals surface area contributed by atoms with Crippen molar-refractivity contribution in [3.8, 4) is 11.4 Å². The summed E-state index contributed by atoms with van der Waals surface area (Å²) in [6.07, 6.45) is 2.70. The molecule has 0 amide bonds. The van der Waals surface area contributed by atoms with Crippen LogP contribution in [-0.2, 0) is 13.0 Å². The molecule has 0 fully saturated rings. The van der Waals surface area contributed by atoms with E-state index in [2.05, 4.69) is 24.8 Å². The van der Waals surface area contributed by atoms with Crippen molar-refractivity contribution < 1.29 is 0 Å². The van der Waals surface area contributed by atoms with Crippen LogP contribution >= 0.6 is 11.6 Å². The van der Waals surface area contributed by atoms with Crippen molar-refractivity contribution in [1.82, 2.24) is 19.9 Å². The maximum absolute atomic E-state index is 12.0. The molecule has 0 aliphatic carbocycles. The highest BCUT2D eigenvalue weighted by Gasteiger charge is 2.22. The van der Waals surface area contributed by atoms with Crippen molar-refractivity contribution in [3.63, 3.8) is 0 Å². The number of aryl methyl sites for hydroxylation is 1. The van der Waals surface area contributed by atoms with Gasteiger partial charge in [0.15, 0.2) is 0 Å². The Balaban J connectivity index is 1.45. The van der Waals surface area contributed by atoms with E-state index in [4.69, 9.17) is 11.6 Å². The molecule has 4 heterocycles. The van der Waals surface area contributed by atoms with E-state index in [9.17, 15) is 4.79 Å². The van der Waals surface area contributed by atoms with E-state index in [1.165, 1.54) is 16.6 Å².